The van der Waals surface area contributed by atoms with Crippen LogP contribution >= 0.6 is 0 Å². The Morgan fingerprint density at radius 3 is 2.17 bits per heavy atom. The van der Waals surface area contributed by atoms with Crippen LogP contribution < -0.4 is 5.73 Å². The van der Waals surface area contributed by atoms with Crippen molar-refractivity contribution >= 4 is 0 Å². The fraction of sp³-hybridized carbons (Fsp3) is 1.00. The smallest absolute Gasteiger partial charge is 0.383 e. The molecule has 0 bridgehead atoms. The maximum absolute atomic E-state index is 11.9. The van der Waals surface area contributed by atoms with Crippen LogP contribution in [0.2, 0.25) is 0 Å². The third kappa shape index (κ3) is 3.40. The maximum Gasteiger partial charge on any atom is 0.414 e. The quantitative estimate of drug-likeness (QED) is 0.693. The molecule has 0 fully saturated rings. The van der Waals surface area contributed by atoms with Gasteiger partial charge in [-0.15, -0.1) is 0 Å². The lowest BCUT2D eigenvalue weighted by Gasteiger charge is -2.22. The van der Waals surface area contributed by atoms with E-state index in [-0.39, 0.29) is 6.54 Å². The van der Waals surface area contributed by atoms with Gasteiger partial charge in [-0.1, -0.05) is 13.3 Å². The first-order chi connectivity index (χ1) is 5.43. The van der Waals surface area contributed by atoms with Gasteiger partial charge in [0.25, 0.3) is 0 Å². The van der Waals surface area contributed by atoms with E-state index in [4.69, 9.17) is 10.8 Å². The highest BCUT2D eigenvalue weighted by Crippen LogP contribution is 2.27. The molecule has 0 aromatic heterocycles. The van der Waals surface area contributed by atoms with Gasteiger partial charge in [0.05, 0.1) is 0 Å². The summed E-state index contributed by atoms with van der Waals surface area (Å²) >= 11 is 0. The minimum absolute atomic E-state index is 0.130. The number of hydrogen-bond donors (Lipinski definition) is 2. The molecule has 2 unspecified atom stereocenters. The van der Waals surface area contributed by atoms with Crippen molar-refractivity contribution in [1.29, 1.82) is 0 Å². The molecule has 12 heavy (non-hydrogen) atoms. The van der Waals surface area contributed by atoms with Crippen molar-refractivity contribution in [3.63, 3.8) is 0 Å². The maximum atomic E-state index is 11.9. The molecule has 0 saturated heterocycles. The largest absolute Gasteiger partial charge is 0.414 e. The molecule has 0 heterocycles. The Morgan fingerprint density at radius 2 is 1.92 bits per heavy atom. The number of hydrogen-bond acceptors (Lipinski definition) is 2. The van der Waals surface area contributed by atoms with Crippen molar-refractivity contribution in [2.24, 2.45) is 11.7 Å². The molecular weight excluding hydrogens is 171 g/mol. The minimum Gasteiger partial charge on any atom is -0.383 e. The zero-order valence-electron chi connectivity index (χ0n) is 6.93. The van der Waals surface area contributed by atoms with Gasteiger partial charge in [0.1, 0.15) is 0 Å². The van der Waals surface area contributed by atoms with Gasteiger partial charge in [-0.05, 0) is 13.0 Å². The van der Waals surface area contributed by atoms with E-state index in [1.54, 1.807) is 6.92 Å². The summed E-state index contributed by atoms with van der Waals surface area (Å²) in [6.45, 7) is 1.63. The molecule has 0 amide bonds. The Labute approximate surface area is 69.6 Å². The van der Waals surface area contributed by atoms with E-state index < -0.39 is 18.2 Å². The van der Waals surface area contributed by atoms with E-state index in [1.165, 1.54) is 0 Å². The summed E-state index contributed by atoms with van der Waals surface area (Å²) in [4.78, 5) is 0. The fourth-order valence-corrected chi connectivity index (χ4v) is 1.04. The fourth-order valence-electron chi connectivity index (χ4n) is 1.04. The van der Waals surface area contributed by atoms with E-state index >= 15 is 0 Å². The van der Waals surface area contributed by atoms with Crippen LogP contribution in [0.1, 0.15) is 19.8 Å². The lowest BCUT2D eigenvalue weighted by Crippen LogP contribution is -2.39. The number of halogens is 3. The number of rotatable bonds is 4. The first-order valence-electron chi connectivity index (χ1n) is 3.88. The van der Waals surface area contributed by atoms with Crippen LogP contribution in [-0.4, -0.2) is 23.9 Å². The lowest BCUT2D eigenvalue weighted by molar-refractivity contribution is -0.219. The van der Waals surface area contributed by atoms with E-state index in [0.717, 1.165) is 0 Å². The number of nitrogens with two attached hydrogens (primary N) is 1. The van der Waals surface area contributed by atoms with Crippen molar-refractivity contribution in [2.45, 2.75) is 32.0 Å². The molecular formula is C7H14F3NO. The highest BCUT2D eigenvalue weighted by atomic mass is 19.4. The highest BCUT2D eigenvalue weighted by Gasteiger charge is 2.42. The average molecular weight is 185 g/mol. The summed E-state index contributed by atoms with van der Waals surface area (Å²) in [5, 5.41) is 8.77. The molecule has 0 saturated carbocycles. The first-order valence-corrected chi connectivity index (χ1v) is 3.88. The molecule has 3 N–H and O–H groups in total. The Kier molecular flexibility index (Phi) is 4.55. The predicted molar refractivity (Wildman–Crippen MR) is 39.5 cm³/mol. The Balaban J connectivity index is 4.11. The van der Waals surface area contributed by atoms with E-state index in [9.17, 15) is 13.2 Å². The normalized spacial score (nSPS) is 17.5. The second-order valence-electron chi connectivity index (χ2n) is 2.77. The third-order valence-electron chi connectivity index (χ3n) is 1.74. The van der Waals surface area contributed by atoms with Crippen LogP contribution in [0.4, 0.5) is 13.2 Å². The molecule has 0 radical (unpaired) electrons. The van der Waals surface area contributed by atoms with E-state index in [0.29, 0.717) is 12.8 Å². The molecule has 2 nitrogen and oxygen atoms in total. The Bertz CT molecular complexity index is 126. The van der Waals surface area contributed by atoms with Gasteiger partial charge in [-0.2, -0.15) is 13.2 Å². The van der Waals surface area contributed by atoms with Crippen LogP contribution in [0, 0.1) is 5.92 Å². The van der Waals surface area contributed by atoms with Crippen molar-refractivity contribution in [1.82, 2.24) is 0 Å². The van der Waals surface area contributed by atoms with Crippen LogP contribution in [0.25, 0.3) is 0 Å². The molecule has 0 aliphatic rings. The van der Waals surface area contributed by atoms with Crippen LogP contribution in [0.3, 0.4) is 0 Å². The van der Waals surface area contributed by atoms with E-state index in [1.807, 2.05) is 0 Å². The second-order valence-corrected chi connectivity index (χ2v) is 2.77. The molecule has 0 aromatic carbocycles. The van der Waals surface area contributed by atoms with Crippen molar-refractivity contribution in [2.75, 3.05) is 6.54 Å². The van der Waals surface area contributed by atoms with Crippen LogP contribution in [0.15, 0.2) is 0 Å². The molecule has 5 heteroatoms. The van der Waals surface area contributed by atoms with Crippen molar-refractivity contribution in [3.05, 3.63) is 0 Å². The summed E-state index contributed by atoms with van der Waals surface area (Å²) in [5.41, 5.74) is 5.10. The lowest BCUT2D eigenvalue weighted by atomic mass is 9.97. The van der Waals surface area contributed by atoms with Gasteiger partial charge in [-0.25, -0.2) is 0 Å². The zero-order chi connectivity index (χ0) is 9.78. The summed E-state index contributed by atoms with van der Waals surface area (Å²) < 4.78 is 35.7. The summed E-state index contributed by atoms with van der Waals surface area (Å²) in [6.07, 6.45) is -5.92. The number of aliphatic hydroxyl groups excluding tert-OH is 1. The molecule has 0 rings (SSSR count). The molecule has 0 aliphatic heterocycles. The summed E-state index contributed by atoms with van der Waals surface area (Å²) in [7, 11) is 0. The van der Waals surface area contributed by atoms with Crippen molar-refractivity contribution in [3.8, 4) is 0 Å². The number of alkyl halides is 3. The predicted octanol–water partition coefficient (Wildman–Crippen LogP) is 1.28. The molecule has 0 aromatic rings. The SMILES string of the molecule is CCCC(CN)C(O)C(F)(F)F. The van der Waals surface area contributed by atoms with Crippen LogP contribution in [0.5, 0.6) is 0 Å². The monoisotopic (exact) mass is 185 g/mol. The summed E-state index contributed by atoms with van der Waals surface area (Å²) in [6, 6.07) is 0. The van der Waals surface area contributed by atoms with Gasteiger partial charge in [0.15, 0.2) is 6.10 Å². The average Bonchev–Trinajstić information content (AvgIpc) is 1.97. The summed E-state index contributed by atoms with van der Waals surface area (Å²) in [5.74, 6) is -0.866. The van der Waals surface area contributed by atoms with Crippen LogP contribution in [-0.2, 0) is 0 Å². The zero-order valence-corrected chi connectivity index (χ0v) is 6.93. The number of aliphatic hydroxyl groups is 1. The minimum atomic E-state index is -4.54. The highest BCUT2D eigenvalue weighted by molar-refractivity contribution is 4.75. The second kappa shape index (κ2) is 4.67. The molecule has 74 valence electrons. The topological polar surface area (TPSA) is 46.2 Å². The molecule has 2 atom stereocenters. The van der Waals surface area contributed by atoms with Crippen molar-refractivity contribution < 1.29 is 18.3 Å². The van der Waals surface area contributed by atoms with E-state index in [2.05, 4.69) is 0 Å². The Hall–Kier alpha value is -0.290. The Morgan fingerprint density at radius 1 is 1.42 bits per heavy atom. The van der Waals surface area contributed by atoms with Gasteiger partial charge in [0.2, 0.25) is 0 Å². The van der Waals surface area contributed by atoms with Gasteiger partial charge in [-0.3, -0.25) is 0 Å². The van der Waals surface area contributed by atoms with Gasteiger partial charge in [0, 0.05) is 5.92 Å². The molecule has 0 spiro atoms. The first kappa shape index (κ1) is 11.7. The van der Waals surface area contributed by atoms with Gasteiger partial charge < -0.3 is 10.8 Å². The molecule has 0 aliphatic carbocycles. The third-order valence-corrected chi connectivity index (χ3v) is 1.74. The van der Waals surface area contributed by atoms with Gasteiger partial charge >= 0.3 is 6.18 Å². The standard InChI is InChI=1S/C7H14F3NO/c1-2-3-5(4-11)6(12)7(8,9)10/h5-6,12H,2-4,11H2,1H3.